The molecule has 0 amide bonds. The van der Waals surface area contributed by atoms with Crippen molar-refractivity contribution < 1.29 is 21.6 Å². The summed E-state index contributed by atoms with van der Waals surface area (Å²) in [5.74, 6) is 0.0589. The lowest BCUT2D eigenvalue weighted by Crippen LogP contribution is -2.16. The van der Waals surface area contributed by atoms with Crippen molar-refractivity contribution in [1.82, 2.24) is 0 Å². The van der Waals surface area contributed by atoms with Gasteiger partial charge in [0.15, 0.2) is 0 Å². The van der Waals surface area contributed by atoms with Gasteiger partial charge in [-0.1, -0.05) is 13.3 Å². The van der Waals surface area contributed by atoms with Crippen molar-refractivity contribution in [2.75, 3.05) is 17.1 Å². The van der Waals surface area contributed by atoms with E-state index < -0.39 is 19.1 Å². The molecule has 0 spiro atoms. The van der Waals surface area contributed by atoms with Gasteiger partial charge >= 0.3 is 0 Å². The number of nitrogens with one attached hydrogen (secondary N) is 1. The minimum Gasteiger partial charge on any atom is -0.492 e. The molecule has 0 saturated carbocycles. The van der Waals surface area contributed by atoms with Crippen LogP contribution in [0.3, 0.4) is 0 Å². The highest BCUT2D eigenvalue weighted by Crippen LogP contribution is 2.30. The second-order valence-electron chi connectivity index (χ2n) is 4.31. The maximum Gasteiger partial charge on any atom is 0.265 e. The first kappa shape index (κ1) is 18.1. The van der Waals surface area contributed by atoms with Crippen LogP contribution in [0.2, 0.25) is 0 Å². The Hall–Kier alpha value is -0.990. The van der Waals surface area contributed by atoms with E-state index in [0.29, 0.717) is 6.42 Å². The first-order chi connectivity index (χ1) is 9.69. The number of halogens is 1. The first-order valence-corrected chi connectivity index (χ1v) is 10.4. The lowest BCUT2D eigenvalue weighted by molar-refractivity contribution is 0.331. The van der Waals surface area contributed by atoms with Crippen molar-refractivity contribution >= 4 is 35.4 Å². The molecule has 0 unspecified atom stereocenters. The SMILES string of the molecule is CCCCS(=O)(=O)Nc1ccc(OCC)c(S(=O)(=O)Cl)c1. The molecule has 0 fully saturated rings. The topological polar surface area (TPSA) is 89.5 Å². The Kier molecular flexibility index (Phi) is 6.30. The molecule has 0 heterocycles. The maximum absolute atomic E-state index is 11.8. The molecule has 1 N–H and O–H groups in total. The van der Waals surface area contributed by atoms with E-state index in [0.717, 1.165) is 12.5 Å². The van der Waals surface area contributed by atoms with Crippen LogP contribution >= 0.6 is 10.7 Å². The highest BCUT2D eigenvalue weighted by Gasteiger charge is 2.19. The average molecular weight is 356 g/mol. The van der Waals surface area contributed by atoms with Crippen LogP contribution in [0.15, 0.2) is 23.1 Å². The lowest BCUT2D eigenvalue weighted by atomic mass is 10.3. The third-order valence-corrected chi connectivity index (χ3v) is 5.26. The normalized spacial score (nSPS) is 12.1. The summed E-state index contributed by atoms with van der Waals surface area (Å²) in [5.41, 5.74) is 0.133. The van der Waals surface area contributed by atoms with Gasteiger partial charge in [-0.2, -0.15) is 0 Å². The van der Waals surface area contributed by atoms with Crippen molar-refractivity contribution in [3.05, 3.63) is 18.2 Å². The van der Waals surface area contributed by atoms with Crippen LogP contribution in [0.1, 0.15) is 26.7 Å². The van der Waals surface area contributed by atoms with Crippen LogP contribution in [0.4, 0.5) is 5.69 Å². The molecule has 0 aliphatic carbocycles. The number of unbranched alkanes of at least 4 members (excludes halogenated alkanes) is 1. The summed E-state index contributed by atoms with van der Waals surface area (Å²) < 4.78 is 54.2. The van der Waals surface area contributed by atoms with Gasteiger partial charge in [-0.05, 0) is 31.5 Å². The molecule has 0 saturated heterocycles. The van der Waals surface area contributed by atoms with E-state index >= 15 is 0 Å². The molecule has 0 bridgehead atoms. The molecule has 0 aromatic heterocycles. The van der Waals surface area contributed by atoms with Gasteiger partial charge in [-0.25, -0.2) is 16.8 Å². The van der Waals surface area contributed by atoms with E-state index in [1.54, 1.807) is 6.92 Å². The summed E-state index contributed by atoms with van der Waals surface area (Å²) in [7, 11) is -2.21. The Morgan fingerprint density at radius 1 is 1.19 bits per heavy atom. The van der Waals surface area contributed by atoms with E-state index in [-0.39, 0.29) is 28.7 Å². The fourth-order valence-electron chi connectivity index (χ4n) is 1.60. The van der Waals surface area contributed by atoms with E-state index in [4.69, 9.17) is 15.4 Å². The second kappa shape index (κ2) is 7.33. The summed E-state index contributed by atoms with van der Waals surface area (Å²) in [6.45, 7) is 3.84. The molecule has 120 valence electrons. The molecule has 9 heteroatoms. The largest absolute Gasteiger partial charge is 0.492 e. The van der Waals surface area contributed by atoms with Crippen LogP contribution in [0.5, 0.6) is 5.75 Å². The summed E-state index contributed by atoms with van der Waals surface area (Å²) in [4.78, 5) is -0.262. The van der Waals surface area contributed by atoms with E-state index in [1.165, 1.54) is 12.1 Å². The zero-order valence-electron chi connectivity index (χ0n) is 11.8. The first-order valence-electron chi connectivity index (χ1n) is 6.41. The highest BCUT2D eigenvalue weighted by molar-refractivity contribution is 8.13. The molecule has 0 atom stereocenters. The zero-order chi connectivity index (χ0) is 16.1. The van der Waals surface area contributed by atoms with Crippen molar-refractivity contribution in [3.63, 3.8) is 0 Å². The molecule has 0 aliphatic heterocycles. The monoisotopic (exact) mass is 355 g/mol. The number of anilines is 1. The van der Waals surface area contributed by atoms with Crippen LogP contribution in [-0.2, 0) is 19.1 Å². The van der Waals surface area contributed by atoms with Crippen LogP contribution in [0, 0.1) is 0 Å². The Bertz CT molecular complexity index is 686. The number of benzene rings is 1. The van der Waals surface area contributed by atoms with E-state index in [9.17, 15) is 16.8 Å². The van der Waals surface area contributed by atoms with E-state index in [1.807, 2.05) is 6.92 Å². The predicted octanol–water partition coefficient (Wildman–Crippen LogP) is 2.55. The molecule has 1 aromatic carbocycles. The lowest BCUT2D eigenvalue weighted by Gasteiger charge is -2.11. The summed E-state index contributed by atoms with van der Waals surface area (Å²) >= 11 is 0. The highest BCUT2D eigenvalue weighted by atomic mass is 35.7. The number of sulfonamides is 1. The Balaban J connectivity index is 3.12. The smallest absolute Gasteiger partial charge is 0.265 e. The molecule has 0 aliphatic rings. The Morgan fingerprint density at radius 2 is 1.86 bits per heavy atom. The van der Waals surface area contributed by atoms with Crippen LogP contribution in [-0.4, -0.2) is 29.2 Å². The van der Waals surface area contributed by atoms with Gasteiger partial charge in [0.1, 0.15) is 10.6 Å². The summed E-state index contributed by atoms with van der Waals surface area (Å²) in [5, 5.41) is 0. The standard InChI is InChI=1S/C12H18ClNO5S2/c1-3-5-8-20(15,16)14-10-6-7-11(19-4-2)12(9-10)21(13,17)18/h6-7,9,14H,3-5,8H2,1-2H3. The third kappa shape index (κ3) is 5.72. The summed E-state index contributed by atoms with van der Waals surface area (Å²) in [6, 6.07) is 3.95. The van der Waals surface area contributed by atoms with Crippen molar-refractivity contribution in [2.24, 2.45) is 0 Å². The number of hydrogen-bond donors (Lipinski definition) is 1. The fraction of sp³-hybridized carbons (Fsp3) is 0.500. The minimum atomic E-state index is -4.04. The second-order valence-corrected chi connectivity index (χ2v) is 8.68. The van der Waals surface area contributed by atoms with Gasteiger partial charge in [0, 0.05) is 10.7 Å². The predicted molar refractivity (Wildman–Crippen MR) is 83.0 cm³/mol. The Morgan fingerprint density at radius 3 is 2.38 bits per heavy atom. The van der Waals surface area contributed by atoms with Gasteiger partial charge < -0.3 is 4.74 Å². The molecule has 1 rings (SSSR count). The van der Waals surface area contributed by atoms with Crippen molar-refractivity contribution in [1.29, 1.82) is 0 Å². The maximum atomic E-state index is 11.8. The van der Waals surface area contributed by atoms with Gasteiger partial charge in [-0.15, -0.1) is 0 Å². The minimum absolute atomic E-state index is 0.0281. The quantitative estimate of drug-likeness (QED) is 0.724. The molecule has 6 nitrogen and oxygen atoms in total. The van der Waals surface area contributed by atoms with Crippen LogP contribution < -0.4 is 9.46 Å². The molecule has 21 heavy (non-hydrogen) atoms. The van der Waals surface area contributed by atoms with Crippen molar-refractivity contribution in [2.45, 2.75) is 31.6 Å². The molecular weight excluding hydrogens is 338 g/mol. The molecule has 1 aromatic rings. The van der Waals surface area contributed by atoms with Gasteiger partial charge in [0.25, 0.3) is 9.05 Å². The van der Waals surface area contributed by atoms with Gasteiger partial charge in [0.2, 0.25) is 10.0 Å². The number of ether oxygens (including phenoxy) is 1. The van der Waals surface area contributed by atoms with Crippen molar-refractivity contribution in [3.8, 4) is 5.75 Å². The Labute approximate surface area is 129 Å². The molecule has 0 radical (unpaired) electrons. The third-order valence-electron chi connectivity index (χ3n) is 2.55. The molecular formula is C12H18ClNO5S2. The average Bonchev–Trinajstić information content (AvgIpc) is 2.37. The van der Waals surface area contributed by atoms with Gasteiger partial charge in [0.05, 0.1) is 18.0 Å². The fourth-order valence-corrected chi connectivity index (χ4v) is 3.86. The number of hydrogen-bond acceptors (Lipinski definition) is 5. The van der Waals surface area contributed by atoms with Crippen LogP contribution in [0.25, 0.3) is 0 Å². The zero-order valence-corrected chi connectivity index (χ0v) is 14.2. The number of rotatable bonds is 8. The summed E-state index contributed by atoms with van der Waals surface area (Å²) in [6.07, 6.45) is 1.26. The van der Waals surface area contributed by atoms with Gasteiger partial charge in [-0.3, -0.25) is 4.72 Å². The van der Waals surface area contributed by atoms with E-state index in [2.05, 4.69) is 4.72 Å².